The second-order valence-electron chi connectivity index (χ2n) is 35.5. The average Bonchev–Trinajstić information content (AvgIpc) is 1.37. The monoisotopic (exact) mass is 2120 g/mol. The van der Waals surface area contributed by atoms with Crippen LogP contribution in [0.2, 0.25) is 20.1 Å². The Morgan fingerprint density at radius 3 is 1.00 bits per heavy atom. The van der Waals surface area contributed by atoms with E-state index in [9.17, 15) is 24.0 Å². The minimum absolute atomic E-state index is 0.0127. The number of hydrogen-bond donors (Lipinski definition) is 5. The molecule has 10 aliphatic rings. The number of nitrogens with one attached hydrogen (secondary N) is 5. The van der Waals surface area contributed by atoms with Gasteiger partial charge in [-0.3, -0.25) is 56.1 Å². The highest BCUT2D eigenvalue weighted by Crippen LogP contribution is 2.58. The minimum atomic E-state index is -1.04. The topological polar surface area (TPSA) is 255 Å². The lowest BCUT2D eigenvalue weighted by Gasteiger charge is -2.23. The molecule has 0 radical (unpaired) electrons. The molecule has 0 aliphatic carbocycles. The molecule has 16 aromatic rings. The number of thioether (sulfide) groups is 5. The van der Waals surface area contributed by atoms with Crippen LogP contribution in [0.5, 0.6) is 11.5 Å². The highest BCUT2D eigenvalue weighted by atomic mass is 35.5. The first-order chi connectivity index (χ1) is 72.3. The number of aromatic nitrogens is 1. The SMILES string of the molecule is COc1ccc2c(c1)C1(NN=C(c3ccccc3)S1)C(=O)N2Cc1ccccc1Cl.COc1ccccc1CN1C(=O)C2(NN=C(c3ccccc3)S2)c2ccccc21.Cc1ccccc1C1=NNC2(S1)C(=O)N(Cc1ccccc1Cl)c1ccccc12.O=C1N(Cc2cccc3cccnc23)c2ccccc2C12NN=C(c1ccccc1)S2.O=C1N(Cc2ccccc2Cl)c2ccc(Cl)cc2C12NN=C(c1ccccc1)S2. The van der Waals surface area contributed by atoms with Crippen molar-refractivity contribution in [2.75, 3.05) is 38.7 Å². The molecule has 732 valence electrons. The number of pyridine rings is 1. The van der Waals surface area contributed by atoms with E-state index in [0.29, 0.717) is 58.6 Å². The van der Waals surface area contributed by atoms with Gasteiger partial charge in [-0.05, 0) is 120 Å². The molecule has 0 bridgehead atoms. The number of methoxy groups -OCH3 is 2. The fourth-order valence-corrected chi connectivity index (χ4v) is 26.2. The Bertz CT molecular complexity index is 8120. The van der Waals surface area contributed by atoms with E-state index in [1.54, 1.807) is 41.2 Å². The van der Waals surface area contributed by atoms with Gasteiger partial charge in [0.1, 0.15) is 36.7 Å². The minimum Gasteiger partial charge on any atom is -0.497 e. The smallest absolute Gasteiger partial charge is 0.270 e. The first-order valence-electron chi connectivity index (χ1n) is 47.3. The van der Waals surface area contributed by atoms with Gasteiger partial charge in [0.25, 0.3) is 29.5 Å². The Morgan fingerprint density at radius 1 is 0.284 bits per heavy atom. The molecule has 5 N–H and O–H groups in total. The van der Waals surface area contributed by atoms with Crippen LogP contribution in [-0.2, 0) is 81.1 Å². The fourth-order valence-electron chi connectivity index (χ4n) is 19.3. The predicted octanol–water partition coefficient (Wildman–Crippen LogP) is 23.9. The molecule has 5 amide bonds. The van der Waals surface area contributed by atoms with Gasteiger partial charge in [-0.1, -0.05) is 402 Å². The van der Waals surface area contributed by atoms with Gasteiger partial charge in [-0.15, -0.1) is 0 Å². The number of aryl methyl sites for hydroxylation is 1. The Balaban J connectivity index is 0.000000105. The van der Waals surface area contributed by atoms with Gasteiger partial charge in [-0.25, -0.2) is 0 Å². The van der Waals surface area contributed by atoms with Crippen molar-refractivity contribution in [1.29, 1.82) is 0 Å². The second kappa shape index (κ2) is 41.3. The number of ether oxygens (including phenoxy) is 2. The molecule has 1 aromatic heterocycles. The summed E-state index contributed by atoms with van der Waals surface area (Å²) in [4.78, 5) is 77.3. The number of anilines is 5. The number of halogens is 4. The van der Waals surface area contributed by atoms with Crippen molar-refractivity contribution in [3.8, 4) is 11.5 Å². The first-order valence-corrected chi connectivity index (χ1v) is 52.9. The zero-order valence-corrected chi connectivity index (χ0v) is 86.4. The Hall–Kier alpha value is -15.1. The summed E-state index contributed by atoms with van der Waals surface area (Å²) in [5.74, 6) is 1.23. The first kappa shape index (κ1) is 97.6. The number of carbonyl (C=O) groups is 5. The van der Waals surface area contributed by atoms with Crippen molar-refractivity contribution >= 4 is 199 Å². The normalized spacial score (nSPS) is 19.8. The van der Waals surface area contributed by atoms with Crippen LogP contribution in [0.3, 0.4) is 0 Å². The van der Waals surface area contributed by atoms with E-state index < -0.39 is 24.4 Å². The molecule has 0 saturated heterocycles. The quantitative estimate of drug-likeness (QED) is 0.0568. The van der Waals surface area contributed by atoms with Crippen LogP contribution in [0.25, 0.3) is 10.9 Å². The second-order valence-corrected chi connectivity index (χ2v) is 43.1. The maximum absolute atomic E-state index is 13.9. The highest BCUT2D eigenvalue weighted by Gasteiger charge is 2.61. The molecule has 11 heterocycles. The zero-order chi connectivity index (χ0) is 101. The number of para-hydroxylation sites is 5. The molecule has 0 saturated carbocycles. The third-order valence-corrected chi connectivity index (χ3v) is 34.6. The standard InChI is InChI=1S/C25H18N4OS.C23H18ClN3O2S.C23H18ClN3OS.C23H19N3O2S.C22H15Cl2N3OS/c30-24-25(28-27-23(31-25)18-8-2-1-3-9-18)20-13-4-5-14-21(20)29(24)16-19-11-6-10-17-12-7-15-26-22(17)19;1-29-17-11-12-20-18(13-17)23(26-25-21(30-23)15-7-3-2-4-8-15)22(28)27(20)14-16-9-5-6-10-19(16)24;1-15-8-2-4-10-17(15)21-25-26-23(29-21)18-11-5-7-13-20(18)27(22(23)28)14-16-9-3-6-12-19(16)24;1-28-20-14-8-5-11-17(20)15-26-19-13-7-6-12-18(19)23(22(26)27)25-24-21(29-23)16-9-3-2-4-10-16;23-16-10-11-19-17(12-16)22(26-25-20(29-22)14-6-2-1-3-7-14)21(28)27(19)13-15-8-4-5-9-18(15)24/h1-15,28H,16H2;2-13,26H,14H2,1H3;2-13,26H,14H2,1H3;2-14,25H,15H2,1H3;1-12,26H,13H2. The number of hydrazone groups is 5. The molecule has 23 nitrogen and oxygen atoms in total. The Kier molecular flexibility index (Phi) is 27.3. The van der Waals surface area contributed by atoms with E-state index in [1.807, 2.05) is 380 Å². The van der Waals surface area contributed by atoms with Crippen molar-refractivity contribution in [1.82, 2.24) is 32.1 Å². The summed E-state index contributed by atoms with van der Waals surface area (Å²) in [7, 11) is 3.27. The van der Waals surface area contributed by atoms with E-state index in [-0.39, 0.29) is 29.5 Å². The van der Waals surface area contributed by atoms with Crippen molar-refractivity contribution in [3.63, 3.8) is 0 Å². The van der Waals surface area contributed by atoms with E-state index in [2.05, 4.69) is 70.6 Å². The fraction of sp³-hybridized carbons (Fsp3) is 0.112. The number of amides is 5. The van der Waals surface area contributed by atoms with Gasteiger partial charge in [-0.2, -0.15) is 25.5 Å². The van der Waals surface area contributed by atoms with Crippen molar-refractivity contribution in [2.24, 2.45) is 25.5 Å². The summed E-state index contributed by atoms with van der Waals surface area (Å²) < 4.78 is 10.9. The van der Waals surface area contributed by atoms with Gasteiger partial charge in [0.2, 0.25) is 24.4 Å². The molecule has 32 heteroatoms. The summed E-state index contributed by atoms with van der Waals surface area (Å²) in [5.41, 5.74) is 36.2. The van der Waals surface area contributed by atoms with E-state index in [1.165, 1.54) is 58.8 Å². The Morgan fingerprint density at radius 2 is 0.595 bits per heavy atom. The Labute approximate surface area is 894 Å². The summed E-state index contributed by atoms with van der Waals surface area (Å²) in [6.07, 6.45) is 1.79. The van der Waals surface area contributed by atoms with E-state index in [4.69, 9.17) is 55.9 Å². The molecular weight excluding hydrogens is 2030 g/mol. The van der Waals surface area contributed by atoms with E-state index >= 15 is 0 Å². The maximum atomic E-state index is 13.9. The lowest BCUT2D eigenvalue weighted by Crippen LogP contribution is -2.44. The molecule has 5 atom stereocenters. The van der Waals surface area contributed by atoms with Crippen molar-refractivity contribution in [2.45, 2.75) is 64.0 Å². The van der Waals surface area contributed by atoms with Crippen LogP contribution in [0.4, 0.5) is 28.4 Å². The molecular formula is C116H88Cl4N16O7S5. The lowest BCUT2D eigenvalue weighted by molar-refractivity contribution is -0.121. The van der Waals surface area contributed by atoms with Crippen LogP contribution < -0.4 is 61.1 Å². The summed E-state index contributed by atoms with van der Waals surface area (Å²) in [5, 5.41) is 30.2. The van der Waals surface area contributed by atoms with E-state index in [0.717, 1.165) is 159 Å². The number of benzene rings is 15. The van der Waals surface area contributed by atoms with Crippen LogP contribution in [0.15, 0.2) is 414 Å². The largest absolute Gasteiger partial charge is 0.497 e. The van der Waals surface area contributed by atoms with Gasteiger partial charge in [0.15, 0.2) is 0 Å². The van der Waals surface area contributed by atoms with Gasteiger partial charge in [0.05, 0.1) is 80.9 Å². The van der Waals surface area contributed by atoms with Crippen molar-refractivity contribution < 1.29 is 33.4 Å². The van der Waals surface area contributed by atoms with Crippen molar-refractivity contribution in [3.05, 3.63) is 497 Å². The summed E-state index contributed by atoms with van der Waals surface area (Å²) in [6, 6.07) is 123. The molecule has 26 rings (SSSR count). The third-order valence-electron chi connectivity index (χ3n) is 26.7. The number of hydrogen-bond acceptors (Lipinski definition) is 23. The van der Waals surface area contributed by atoms with Crippen LogP contribution >= 0.6 is 105 Å². The summed E-state index contributed by atoms with van der Waals surface area (Å²) >= 11 is 32.6. The van der Waals surface area contributed by atoms with Gasteiger partial charge >= 0.3 is 0 Å². The third kappa shape index (κ3) is 17.9. The molecule has 5 spiro atoms. The summed E-state index contributed by atoms with van der Waals surface area (Å²) in [6.45, 7) is 4.11. The number of fused-ring (bicyclic) bond motifs is 11. The molecule has 5 unspecified atom stereocenters. The number of rotatable bonds is 17. The van der Waals surface area contributed by atoms with Crippen LogP contribution in [0.1, 0.15) is 89.0 Å². The average molecular weight is 2120 g/mol. The van der Waals surface area contributed by atoms with Gasteiger partial charge in [0, 0.05) is 92.9 Å². The van der Waals surface area contributed by atoms with Crippen LogP contribution in [-0.4, -0.2) is 74.0 Å². The van der Waals surface area contributed by atoms with Crippen LogP contribution in [0, 0.1) is 6.92 Å². The molecule has 0 fully saturated rings. The number of carbonyl (C=O) groups excluding carboxylic acids is 5. The predicted molar refractivity (Wildman–Crippen MR) is 600 cm³/mol. The zero-order valence-electron chi connectivity index (χ0n) is 79.3. The molecule has 10 aliphatic heterocycles. The highest BCUT2D eigenvalue weighted by molar-refractivity contribution is 8.17. The maximum Gasteiger partial charge on any atom is 0.270 e. The molecule has 148 heavy (non-hydrogen) atoms. The van der Waals surface area contributed by atoms with Gasteiger partial charge < -0.3 is 34.0 Å². The number of nitrogens with zero attached hydrogens (tertiary/aromatic N) is 11. The lowest BCUT2D eigenvalue weighted by atomic mass is 10.1. The molecule has 15 aromatic carbocycles.